The van der Waals surface area contributed by atoms with Crippen LogP contribution in [0.4, 0.5) is 11.4 Å². The second-order valence-corrected chi connectivity index (χ2v) is 8.36. The maximum atomic E-state index is 13.0. The highest BCUT2D eigenvalue weighted by molar-refractivity contribution is 8.00. The standard InChI is InChI=1S/C23H17N3O4S/c27-21-13-20(23(29)26(21)16-7-6-14-8-9-24-18(14)12-16)31-17-4-1-3-15(11-17)25-22(28)19-5-2-10-30-19/h1-12,20,24H,13H2,(H,25,28). The number of H-pyrrole nitrogens is 1. The average molecular weight is 431 g/mol. The van der Waals surface area contributed by atoms with Gasteiger partial charge in [-0.1, -0.05) is 12.1 Å². The van der Waals surface area contributed by atoms with Gasteiger partial charge in [0.25, 0.3) is 5.91 Å². The molecule has 1 aliphatic heterocycles. The van der Waals surface area contributed by atoms with E-state index in [-0.39, 0.29) is 29.9 Å². The number of carbonyl (C=O) groups is 3. The zero-order valence-corrected chi connectivity index (χ0v) is 17.0. The molecule has 0 aliphatic carbocycles. The number of imide groups is 1. The molecule has 2 aromatic carbocycles. The van der Waals surface area contributed by atoms with Gasteiger partial charge in [0.05, 0.1) is 17.2 Å². The van der Waals surface area contributed by atoms with Gasteiger partial charge in [0.15, 0.2) is 5.76 Å². The number of thioether (sulfide) groups is 1. The molecule has 0 radical (unpaired) electrons. The summed E-state index contributed by atoms with van der Waals surface area (Å²) in [6.07, 6.45) is 3.37. The van der Waals surface area contributed by atoms with Gasteiger partial charge in [-0.2, -0.15) is 0 Å². The number of nitrogens with one attached hydrogen (secondary N) is 2. The van der Waals surface area contributed by atoms with Gasteiger partial charge in [-0.05, 0) is 53.9 Å². The third-order valence-electron chi connectivity index (χ3n) is 5.02. The first-order valence-corrected chi connectivity index (χ1v) is 10.5. The van der Waals surface area contributed by atoms with E-state index < -0.39 is 5.25 Å². The maximum absolute atomic E-state index is 13.0. The highest BCUT2D eigenvalue weighted by Crippen LogP contribution is 2.35. The van der Waals surface area contributed by atoms with Crippen LogP contribution in [0.1, 0.15) is 17.0 Å². The lowest BCUT2D eigenvalue weighted by atomic mass is 10.2. The van der Waals surface area contributed by atoms with Crippen molar-refractivity contribution in [3.05, 3.63) is 78.9 Å². The first-order chi connectivity index (χ1) is 15.1. The van der Waals surface area contributed by atoms with Gasteiger partial charge in [0.1, 0.15) is 0 Å². The highest BCUT2D eigenvalue weighted by atomic mass is 32.2. The Hall–Kier alpha value is -3.78. The molecule has 1 unspecified atom stereocenters. The zero-order chi connectivity index (χ0) is 21.4. The van der Waals surface area contributed by atoms with E-state index in [1.807, 2.05) is 30.5 Å². The minimum Gasteiger partial charge on any atom is -0.459 e. The number of benzene rings is 2. The summed E-state index contributed by atoms with van der Waals surface area (Å²) in [7, 11) is 0. The van der Waals surface area contributed by atoms with E-state index in [0.717, 1.165) is 15.8 Å². The van der Waals surface area contributed by atoms with Gasteiger partial charge in [-0.3, -0.25) is 14.4 Å². The number of aromatic amines is 1. The number of amides is 3. The molecular formula is C23H17N3O4S. The number of hydrogen-bond donors (Lipinski definition) is 2. The molecule has 0 bridgehead atoms. The van der Waals surface area contributed by atoms with Crippen LogP contribution < -0.4 is 10.2 Å². The van der Waals surface area contributed by atoms with Crippen LogP contribution in [0.25, 0.3) is 10.9 Å². The van der Waals surface area contributed by atoms with Crippen molar-refractivity contribution in [3.63, 3.8) is 0 Å². The van der Waals surface area contributed by atoms with Crippen molar-refractivity contribution < 1.29 is 18.8 Å². The molecule has 2 N–H and O–H groups in total. The number of nitrogens with zero attached hydrogens (tertiary/aromatic N) is 1. The molecule has 3 heterocycles. The molecule has 2 aromatic heterocycles. The Morgan fingerprint density at radius 1 is 1.10 bits per heavy atom. The Morgan fingerprint density at radius 3 is 2.84 bits per heavy atom. The Balaban J connectivity index is 1.32. The molecular weight excluding hydrogens is 414 g/mol. The Bertz CT molecular complexity index is 1300. The first-order valence-electron chi connectivity index (χ1n) is 9.64. The summed E-state index contributed by atoms with van der Waals surface area (Å²) in [4.78, 5) is 42.9. The molecule has 1 saturated heterocycles. The highest BCUT2D eigenvalue weighted by Gasteiger charge is 2.40. The van der Waals surface area contributed by atoms with E-state index in [2.05, 4.69) is 10.3 Å². The fourth-order valence-corrected chi connectivity index (χ4v) is 4.67. The second kappa shape index (κ2) is 7.81. The number of anilines is 2. The molecule has 0 spiro atoms. The van der Waals surface area contributed by atoms with E-state index in [1.54, 1.807) is 36.4 Å². The largest absolute Gasteiger partial charge is 0.459 e. The van der Waals surface area contributed by atoms with E-state index in [4.69, 9.17) is 4.42 Å². The van der Waals surface area contributed by atoms with Gasteiger partial charge < -0.3 is 14.7 Å². The van der Waals surface area contributed by atoms with Crippen molar-refractivity contribution in [3.8, 4) is 0 Å². The summed E-state index contributed by atoms with van der Waals surface area (Å²) >= 11 is 1.31. The van der Waals surface area contributed by atoms with Crippen molar-refractivity contribution in [2.24, 2.45) is 0 Å². The molecule has 4 aromatic rings. The average Bonchev–Trinajstić information content (AvgIpc) is 3.49. The number of aromatic nitrogens is 1. The Morgan fingerprint density at radius 2 is 2.00 bits per heavy atom. The van der Waals surface area contributed by atoms with Crippen molar-refractivity contribution in [1.29, 1.82) is 0 Å². The van der Waals surface area contributed by atoms with Crippen molar-refractivity contribution in [2.75, 3.05) is 10.2 Å². The van der Waals surface area contributed by atoms with Gasteiger partial charge in [-0.15, -0.1) is 11.8 Å². The zero-order valence-electron chi connectivity index (χ0n) is 16.2. The number of rotatable bonds is 5. The summed E-state index contributed by atoms with van der Waals surface area (Å²) in [5, 5.41) is 3.26. The van der Waals surface area contributed by atoms with Crippen molar-refractivity contribution in [2.45, 2.75) is 16.6 Å². The molecule has 3 amide bonds. The lowest BCUT2D eigenvalue weighted by Crippen LogP contribution is -2.31. The lowest BCUT2D eigenvalue weighted by Gasteiger charge is -2.15. The summed E-state index contributed by atoms with van der Waals surface area (Å²) < 4.78 is 5.10. The van der Waals surface area contributed by atoms with Crippen LogP contribution in [0.3, 0.4) is 0 Å². The van der Waals surface area contributed by atoms with Crippen molar-refractivity contribution in [1.82, 2.24) is 4.98 Å². The molecule has 154 valence electrons. The number of hydrogen-bond acceptors (Lipinski definition) is 5. The molecule has 31 heavy (non-hydrogen) atoms. The third-order valence-corrected chi connectivity index (χ3v) is 6.20. The molecule has 1 fully saturated rings. The molecule has 1 atom stereocenters. The SMILES string of the molecule is O=C(Nc1cccc(SC2CC(=O)N(c3ccc4cc[nH]c4c3)C2=O)c1)c1ccco1. The number of fused-ring (bicyclic) bond motifs is 1. The van der Waals surface area contributed by atoms with Gasteiger partial charge in [0.2, 0.25) is 11.8 Å². The summed E-state index contributed by atoms with van der Waals surface area (Å²) in [6.45, 7) is 0. The molecule has 8 heteroatoms. The normalized spacial score (nSPS) is 16.3. The fraction of sp³-hybridized carbons (Fsp3) is 0.0870. The van der Waals surface area contributed by atoms with Crippen LogP contribution in [0.2, 0.25) is 0 Å². The molecule has 0 saturated carbocycles. The minimum absolute atomic E-state index is 0.120. The quantitative estimate of drug-likeness (QED) is 0.456. The molecule has 5 rings (SSSR count). The van der Waals surface area contributed by atoms with E-state index in [1.165, 1.54) is 22.9 Å². The van der Waals surface area contributed by atoms with Gasteiger partial charge in [0, 0.05) is 28.7 Å². The van der Waals surface area contributed by atoms with Gasteiger partial charge in [-0.25, -0.2) is 4.90 Å². The molecule has 1 aliphatic rings. The maximum Gasteiger partial charge on any atom is 0.291 e. The molecule has 7 nitrogen and oxygen atoms in total. The lowest BCUT2D eigenvalue weighted by molar-refractivity contribution is -0.121. The van der Waals surface area contributed by atoms with E-state index in [9.17, 15) is 14.4 Å². The summed E-state index contributed by atoms with van der Waals surface area (Å²) in [5.74, 6) is -0.615. The van der Waals surface area contributed by atoms with Crippen LogP contribution in [-0.4, -0.2) is 28.0 Å². The smallest absolute Gasteiger partial charge is 0.291 e. The van der Waals surface area contributed by atoms with E-state index in [0.29, 0.717) is 11.4 Å². The van der Waals surface area contributed by atoms with Crippen LogP contribution in [0.15, 0.2) is 82.4 Å². The fourth-order valence-electron chi connectivity index (χ4n) is 3.55. The predicted octanol–water partition coefficient (Wildman–Crippen LogP) is 4.44. The number of furan rings is 1. The van der Waals surface area contributed by atoms with Gasteiger partial charge >= 0.3 is 0 Å². The number of carbonyl (C=O) groups excluding carboxylic acids is 3. The van der Waals surface area contributed by atoms with Crippen molar-refractivity contribution >= 4 is 51.8 Å². The minimum atomic E-state index is -0.525. The first kappa shape index (κ1) is 19.2. The predicted molar refractivity (Wildman–Crippen MR) is 118 cm³/mol. The second-order valence-electron chi connectivity index (χ2n) is 7.09. The third kappa shape index (κ3) is 3.73. The van der Waals surface area contributed by atoms with Crippen LogP contribution in [0.5, 0.6) is 0 Å². The van der Waals surface area contributed by atoms with Crippen LogP contribution >= 0.6 is 11.8 Å². The Labute approximate surface area is 181 Å². The van der Waals surface area contributed by atoms with Crippen LogP contribution in [-0.2, 0) is 9.59 Å². The van der Waals surface area contributed by atoms with E-state index >= 15 is 0 Å². The monoisotopic (exact) mass is 431 g/mol. The summed E-state index contributed by atoms with van der Waals surface area (Å²) in [5.41, 5.74) is 2.01. The summed E-state index contributed by atoms with van der Waals surface area (Å²) in [6, 6.07) is 17.8. The van der Waals surface area contributed by atoms with Crippen LogP contribution in [0, 0.1) is 0 Å². The Kier molecular flexibility index (Phi) is 4.83. The topological polar surface area (TPSA) is 95.4 Å².